The number of ether oxygens (including phenoxy) is 1. The average molecular weight is 412 g/mol. The second-order valence-corrected chi connectivity index (χ2v) is 8.31. The molecule has 3 aliphatic rings. The second-order valence-electron chi connectivity index (χ2n) is 8.31. The zero-order valence-electron chi connectivity index (χ0n) is 16.8. The first-order chi connectivity index (χ1) is 14.3. The molecule has 8 heteroatoms. The lowest BCUT2D eigenvalue weighted by atomic mass is 9.81. The van der Waals surface area contributed by atoms with Gasteiger partial charge in [0.1, 0.15) is 0 Å². The Morgan fingerprint density at radius 3 is 2.20 bits per heavy atom. The van der Waals surface area contributed by atoms with E-state index in [-0.39, 0.29) is 42.4 Å². The minimum absolute atomic E-state index is 0.00291. The lowest BCUT2D eigenvalue weighted by Crippen LogP contribution is -2.35. The Bertz CT molecular complexity index is 881. The number of carbonyl (C=O) groups excluding carboxylic acids is 5. The number of Topliss-reactive ketones (excluding diaryl/α,β-unsaturated/α-hetero) is 1. The van der Waals surface area contributed by atoms with E-state index in [0.717, 1.165) is 19.3 Å². The molecule has 0 unspecified atom stereocenters. The molecule has 3 amide bonds. The number of amides is 3. The van der Waals surface area contributed by atoms with Crippen LogP contribution in [0.5, 0.6) is 0 Å². The van der Waals surface area contributed by atoms with Crippen LogP contribution in [0.1, 0.15) is 43.0 Å². The van der Waals surface area contributed by atoms with Gasteiger partial charge in [-0.1, -0.05) is 0 Å². The molecule has 0 aromatic heterocycles. The van der Waals surface area contributed by atoms with Gasteiger partial charge in [0.2, 0.25) is 11.8 Å². The highest BCUT2D eigenvalue weighted by molar-refractivity contribution is 6.06. The predicted octanol–water partition coefficient (Wildman–Crippen LogP) is 1.79. The van der Waals surface area contributed by atoms with Gasteiger partial charge in [0, 0.05) is 17.8 Å². The van der Waals surface area contributed by atoms with Crippen LogP contribution in [-0.4, -0.2) is 47.5 Å². The number of benzene rings is 1. The number of anilines is 1. The van der Waals surface area contributed by atoms with Crippen molar-refractivity contribution in [3.05, 3.63) is 29.8 Å². The van der Waals surface area contributed by atoms with Crippen molar-refractivity contribution in [2.75, 3.05) is 18.5 Å². The predicted molar refractivity (Wildman–Crippen MR) is 105 cm³/mol. The van der Waals surface area contributed by atoms with Crippen molar-refractivity contribution in [3.63, 3.8) is 0 Å². The molecule has 0 spiro atoms. The average Bonchev–Trinajstić information content (AvgIpc) is 3.40. The van der Waals surface area contributed by atoms with Gasteiger partial charge >= 0.3 is 5.97 Å². The van der Waals surface area contributed by atoms with Gasteiger partial charge < -0.3 is 10.1 Å². The van der Waals surface area contributed by atoms with E-state index in [9.17, 15) is 24.0 Å². The summed E-state index contributed by atoms with van der Waals surface area (Å²) < 4.78 is 4.96. The molecule has 2 aliphatic carbocycles. The Balaban J connectivity index is 1.21. The van der Waals surface area contributed by atoms with Gasteiger partial charge in [0.05, 0.1) is 18.3 Å². The van der Waals surface area contributed by atoms with Crippen molar-refractivity contribution in [1.29, 1.82) is 0 Å². The number of likely N-dealkylation sites (tertiary alicyclic amines) is 1. The lowest BCUT2D eigenvalue weighted by Gasteiger charge is -2.19. The van der Waals surface area contributed by atoms with Crippen LogP contribution in [0.4, 0.5) is 5.69 Å². The zero-order valence-corrected chi connectivity index (χ0v) is 16.8. The molecule has 4 atom stereocenters. The van der Waals surface area contributed by atoms with Gasteiger partial charge in [0.25, 0.3) is 5.91 Å². The van der Waals surface area contributed by atoms with Crippen molar-refractivity contribution >= 4 is 35.2 Å². The highest BCUT2D eigenvalue weighted by Crippen LogP contribution is 2.56. The summed E-state index contributed by atoms with van der Waals surface area (Å²) in [6.07, 6.45) is 2.85. The third-order valence-corrected chi connectivity index (χ3v) is 6.50. The highest BCUT2D eigenvalue weighted by atomic mass is 16.5. The maximum Gasteiger partial charge on any atom is 0.308 e. The number of nitrogens with zero attached hydrogens (tertiary/aromatic N) is 1. The van der Waals surface area contributed by atoms with E-state index in [2.05, 4.69) is 5.32 Å². The van der Waals surface area contributed by atoms with Crippen LogP contribution in [0.3, 0.4) is 0 Å². The first-order valence-electron chi connectivity index (χ1n) is 10.3. The zero-order chi connectivity index (χ0) is 21.4. The normalized spacial score (nSPS) is 26.6. The van der Waals surface area contributed by atoms with Crippen LogP contribution < -0.4 is 5.32 Å². The number of hydrogen-bond acceptors (Lipinski definition) is 6. The number of rotatable bonds is 7. The van der Waals surface area contributed by atoms with Gasteiger partial charge in [-0.25, -0.2) is 0 Å². The number of ketones is 1. The van der Waals surface area contributed by atoms with Crippen LogP contribution in [0.2, 0.25) is 0 Å². The molecule has 8 nitrogen and oxygen atoms in total. The third kappa shape index (κ3) is 3.74. The van der Waals surface area contributed by atoms with Crippen LogP contribution in [0.25, 0.3) is 0 Å². The largest absolute Gasteiger partial charge is 0.456 e. The van der Waals surface area contributed by atoms with Gasteiger partial charge in [-0.3, -0.25) is 28.9 Å². The Morgan fingerprint density at radius 1 is 1.03 bits per heavy atom. The summed E-state index contributed by atoms with van der Waals surface area (Å²) in [6, 6.07) is 6.36. The number of carbonyl (C=O) groups is 5. The standard InChI is InChI=1S/C22H24N2O6/c1-12(25)13-4-6-16(7-5-13)23-17(26)11-30-18(27)8-9-24-21(28)19-14-2-3-15(10-14)20(19)22(24)29/h4-7,14-15,19-20H,2-3,8-11H2,1H3,(H,23,26)/t14-,15-,19-,20+/m0/s1. The molecule has 158 valence electrons. The summed E-state index contributed by atoms with van der Waals surface area (Å²) in [5.41, 5.74) is 1.01. The van der Waals surface area contributed by atoms with Crippen molar-refractivity contribution in [2.24, 2.45) is 23.7 Å². The Labute approximate surface area is 173 Å². The number of nitrogens with one attached hydrogen (secondary N) is 1. The minimum Gasteiger partial charge on any atom is -0.456 e. The van der Waals surface area contributed by atoms with E-state index in [1.807, 2.05) is 0 Å². The third-order valence-electron chi connectivity index (χ3n) is 6.50. The Kier molecular flexibility index (Phi) is 5.40. The van der Waals surface area contributed by atoms with E-state index < -0.39 is 18.5 Å². The van der Waals surface area contributed by atoms with E-state index in [4.69, 9.17) is 4.74 Å². The van der Waals surface area contributed by atoms with Crippen LogP contribution in [0.15, 0.2) is 24.3 Å². The van der Waals surface area contributed by atoms with Gasteiger partial charge in [-0.2, -0.15) is 0 Å². The SMILES string of the molecule is CC(=O)c1ccc(NC(=O)COC(=O)CCN2C(=O)[C@@H]3[C@H]4CC[C@@H](C4)[C@@H]3C2=O)cc1. The smallest absolute Gasteiger partial charge is 0.308 e. The maximum absolute atomic E-state index is 12.6. The lowest BCUT2D eigenvalue weighted by molar-refractivity contribution is -0.149. The van der Waals surface area contributed by atoms with Crippen molar-refractivity contribution in [2.45, 2.75) is 32.6 Å². The first kappa shape index (κ1) is 20.3. The van der Waals surface area contributed by atoms with Crippen LogP contribution in [-0.2, 0) is 23.9 Å². The molecule has 1 saturated heterocycles. The number of hydrogen-bond donors (Lipinski definition) is 1. The van der Waals surface area contributed by atoms with Gasteiger partial charge in [0.15, 0.2) is 12.4 Å². The molecular formula is C22H24N2O6. The maximum atomic E-state index is 12.6. The van der Waals surface area contributed by atoms with Gasteiger partial charge in [-0.15, -0.1) is 0 Å². The van der Waals surface area contributed by atoms with Gasteiger partial charge in [-0.05, 0) is 62.3 Å². The molecule has 1 aliphatic heterocycles. The first-order valence-corrected chi connectivity index (χ1v) is 10.3. The quantitative estimate of drug-likeness (QED) is 0.415. The Morgan fingerprint density at radius 2 is 1.63 bits per heavy atom. The van der Waals surface area contributed by atoms with Crippen molar-refractivity contribution < 1.29 is 28.7 Å². The molecule has 30 heavy (non-hydrogen) atoms. The van der Waals surface area contributed by atoms with Crippen LogP contribution >= 0.6 is 0 Å². The molecule has 1 heterocycles. The summed E-state index contributed by atoms with van der Waals surface area (Å²) in [5, 5.41) is 2.57. The van der Waals surface area contributed by atoms with E-state index in [1.54, 1.807) is 24.3 Å². The molecule has 2 saturated carbocycles. The fourth-order valence-electron chi connectivity index (χ4n) is 5.10. The molecule has 1 N–H and O–H groups in total. The van der Waals surface area contributed by atoms with Crippen LogP contribution in [0, 0.1) is 23.7 Å². The molecule has 4 rings (SSSR count). The summed E-state index contributed by atoms with van der Waals surface area (Å²) in [5.74, 6) is -1.33. The second kappa shape index (κ2) is 8.01. The summed E-state index contributed by atoms with van der Waals surface area (Å²) >= 11 is 0. The monoisotopic (exact) mass is 412 g/mol. The number of fused-ring (bicyclic) bond motifs is 5. The molecule has 1 aromatic carbocycles. The Hall–Kier alpha value is -3.03. The molecular weight excluding hydrogens is 388 g/mol. The molecule has 1 aromatic rings. The topological polar surface area (TPSA) is 110 Å². The number of imide groups is 1. The molecule has 2 bridgehead atoms. The number of esters is 1. The fourth-order valence-corrected chi connectivity index (χ4v) is 5.10. The summed E-state index contributed by atoms with van der Waals surface area (Å²) in [7, 11) is 0. The minimum atomic E-state index is -0.641. The molecule has 0 radical (unpaired) electrons. The van der Waals surface area contributed by atoms with E-state index >= 15 is 0 Å². The molecule has 3 fully saturated rings. The van der Waals surface area contributed by atoms with Crippen molar-refractivity contribution in [1.82, 2.24) is 4.90 Å². The van der Waals surface area contributed by atoms with E-state index in [0.29, 0.717) is 23.1 Å². The van der Waals surface area contributed by atoms with E-state index in [1.165, 1.54) is 11.8 Å². The fraction of sp³-hybridized carbons (Fsp3) is 0.500. The highest BCUT2D eigenvalue weighted by Gasteiger charge is 2.60. The van der Waals surface area contributed by atoms with Crippen molar-refractivity contribution in [3.8, 4) is 0 Å². The summed E-state index contributed by atoms with van der Waals surface area (Å²) in [6.45, 7) is 0.981. The summed E-state index contributed by atoms with van der Waals surface area (Å²) in [4.78, 5) is 61.6.